The summed E-state index contributed by atoms with van der Waals surface area (Å²) in [6, 6.07) is 4.30. The van der Waals surface area contributed by atoms with E-state index in [1.807, 2.05) is 0 Å². The fraction of sp³-hybridized carbons (Fsp3) is 0.571. The number of hydrogen-bond donors (Lipinski definition) is 7. The molecule has 1 fully saturated rings. The molecular weight excluding hydrogens is 324 g/mol. The quantitative estimate of drug-likeness (QED) is 0.281. The van der Waals surface area contributed by atoms with Crippen LogP contribution in [0.1, 0.15) is 6.92 Å². The molecule has 1 heterocycles. The first-order valence-electron chi connectivity index (χ1n) is 7.46. The van der Waals surface area contributed by atoms with E-state index in [0.717, 1.165) is 0 Å². The molecule has 1 aromatic rings. The first kappa shape index (κ1) is 18.8. The number of nitrogens with one attached hydrogen (secondary N) is 2. The van der Waals surface area contributed by atoms with Crippen molar-refractivity contribution in [2.24, 2.45) is 0 Å². The Kier molecular flexibility index (Phi) is 6.32. The molecule has 0 saturated carbocycles. The van der Waals surface area contributed by atoms with Gasteiger partial charge in [-0.05, 0) is 19.1 Å². The Morgan fingerprint density at radius 1 is 1.25 bits per heavy atom. The first-order chi connectivity index (χ1) is 11.4. The van der Waals surface area contributed by atoms with Gasteiger partial charge in [-0.1, -0.05) is 0 Å². The van der Waals surface area contributed by atoms with E-state index in [1.165, 1.54) is 12.1 Å². The summed E-state index contributed by atoms with van der Waals surface area (Å²) >= 11 is 0. The number of hydrogen-bond acceptors (Lipinski definition) is 9. The molecule has 1 aliphatic rings. The Hall–Kier alpha value is -1.50. The van der Waals surface area contributed by atoms with Crippen LogP contribution in [-0.2, 0) is 4.74 Å². The van der Waals surface area contributed by atoms with Crippen LogP contribution in [0.5, 0.6) is 5.75 Å². The molecule has 0 radical (unpaired) electrons. The number of rotatable bonds is 6. The van der Waals surface area contributed by atoms with Crippen molar-refractivity contribution in [2.45, 2.75) is 37.6 Å². The van der Waals surface area contributed by atoms with Crippen molar-refractivity contribution in [2.75, 3.05) is 18.5 Å². The molecule has 24 heavy (non-hydrogen) atoms. The van der Waals surface area contributed by atoms with E-state index < -0.39 is 42.5 Å². The van der Waals surface area contributed by atoms with Gasteiger partial charge in [0.25, 0.3) is 0 Å². The van der Waals surface area contributed by atoms with Crippen LogP contribution in [0, 0.1) is 5.21 Å². The average molecular weight is 346 g/mol. The van der Waals surface area contributed by atoms with Gasteiger partial charge in [-0.3, -0.25) is 0 Å². The maximum Gasteiger partial charge on any atom is 0.190 e. The lowest BCUT2D eigenvalue weighted by Crippen LogP contribution is -2.99. The van der Waals surface area contributed by atoms with Crippen LogP contribution in [0.25, 0.3) is 0 Å². The summed E-state index contributed by atoms with van der Waals surface area (Å²) in [4.78, 5) is 0. The predicted molar refractivity (Wildman–Crippen MR) is 80.8 cm³/mol. The molecule has 10 heteroatoms. The van der Waals surface area contributed by atoms with Crippen molar-refractivity contribution in [1.29, 1.82) is 0 Å². The zero-order chi connectivity index (χ0) is 17.9. The minimum absolute atomic E-state index is 0.113. The summed E-state index contributed by atoms with van der Waals surface area (Å²) in [5, 5.41) is 60.9. The van der Waals surface area contributed by atoms with Gasteiger partial charge in [0.05, 0.1) is 13.2 Å². The second-order valence-electron chi connectivity index (χ2n) is 5.34. The van der Waals surface area contributed by atoms with Crippen molar-refractivity contribution < 1.29 is 40.3 Å². The molecule has 0 aromatic heterocycles. The SMILES string of the molecule is CCOc1ccc(NC2OC(CO)C(O)C(O)C2O)c([NH+]([O-])O)c1. The Bertz CT molecular complexity index is 542. The molecule has 2 rings (SSSR count). The van der Waals surface area contributed by atoms with Crippen molar-refractivity contribution in [3.05, 3.63) is 23.4 Å². The van der Waals surface area contributed by atoms with Crippen LogP contribution < -0.4 is 15.3 Å². The highest BCUT2D eigenvalue weighted by Gasteiger charge is 2.43. The second kappa shape index (κ2) is 8.05. The molecule has 0 spiro atoms. The molecular formula is C14H22N2O8. The maximum absolute atomic E-state index is 11.4. The molecule has 1 aromatic carbocycles. The lowest BCUT2D eigenvalue weighted by Gasteiger charge is -2.40. The van der Waals surface area contributed by atoms with Gasteiger partial charge < -0.3 is 40.4 Å². The number of benzene rings is 1. The van der Waals surface area contributed by atoms with Crippen molar-refractivity contribution in [3.63, 3.8) is 0 Å². The lowest BCUT2D eigenvalue weighted by atomic mass is 9.98. The first-order valence-corrected chi connectivity index (χ1v) is 7.46. The molecule has 6 atom stereocenters. The fourth-order valence-electron chi connectivity index (χ4n) is 2.46. The summed E-state index contributed by atoms with van der Waals surface area (Å²) in [7, 11) is 0. The zero-order valence-corrected chi connectivity index (χ0v) is 13.0. The summed E-state index contributed by atoms with van der Waals surface area (Å²) in [5.41, 5.74) is 0.0215. The van der Waals surface area contributed by atoms with E-state index >= 15 is 0 Å². The fourth-order valence-corrected chi connectivity index (χ4v) is 2.46. The summed E-state index contributed by atoms with van der Waals surface area (Å²) in [5.74, 6) is 0.370. The molecule has 1 saturated heterocycles. The van der Waals surface area contributed by atoms with E-state index in [9.17, 15) is 30.8 Å². The summed E-state index contributed by atoms with van der Waals surface area (Å²) in [6.45, 7) is 1.57. The Labute approximate surface area is 138 Å². The van der Waals surface area contributed by atoms with Gasteiger partial charge in [0.15, 0.2) is 11.9 Å². The van der Waals surface area contributed by atoms with Gasteiger partial charge >= 0.3 is 0 Å². The minimum atomic E-state index is -1.55. The smallest absolute Gasteiger partial charge is 0.190 e. The third-order valence-electron chi connectivity index (χ3n) is 3.72. The van der Waals surface area contributed by atoms with Gasteiger partial charge in [-0.2, -0.15) is 5.23 Å². The summed E-state index contributed by atoms with van der Waals surface area (Å²) in [6.07, 6.45) is -6.85. The minimum Gasteiger partial charge on any atom is -0.595 e. The molecule has 136 valence electrons. The Morgan fingerprint density at radius 3 is 2.54 bits per heavy atom. The molecule has 7 N–H and O–H groups in total. The third-order valence-corrected chi connectivity index (χ3v) is 3.72. The van der Waals surface area contributed by atoms with Crippen molar-refractivity contribution in [3.8, 4) is 5.75 Å². The monoisotopic (exact) mass is 346 g/mol. The molecule has 1 aliphatic heterocycles. The van der Waals surface area contributed by atoms with Crippen LogP contribution in [0.15, 0.2) is 18.2 Å². The second-order valence-corrected chi connectivity index (χ2v) is 5.34. The van der Waals surface area contributed by atoms with Crippen LogP contribution in [0.3, 0.4) is 0 Å². The number of aliphatic hydroxyl groups excluding tert-OH is 4. The van der Waals surface area contributed by atoms with E-state index in [4.69, 9.17) is 9.47 Å². The van der Waals surface area contributed by atoms with Crippen LogP contribution in [0.4, 0.5) is 11.4 Å². The highest BCUT2D eigenvalue weighted by Crippen LogP contribution is 2.28. The number of aliphatic hydroxyl groups is 4. The third kappa shape index (κ3) is 3.94. The highest BCUT2D eigenvalue weighted by atomic mass is 16.8. The topological polar surface area (TPSA) is 159 Å². The maximum atomic E-state index is 11.4. The molecule has 0 aliphatic carbocycles. The normalized spacial score (nSPS) is 31.5. The van der Waals surface area contributed by atoms with Gasteiger partial charge in [-0.15, -0.1) is 0 Å². The van der Waals surface area contributed by atoms with Crippen LogP contribution in [-0.4, -0.2) is 69.5 Å². The molecule has 10 nitrogen and oxygen atoms in total. The molecule has 0 bridgehead atoms. The zero-order valence-electron chi connectivity index (χ0n) is 13.0. The predicted octanol–water partition coefficient (Wildman–Crippen LogP) is -2.30. The number of anilines is 1. The van der Waals surface area contributed by atoms with Crippen LogP contribution in [0.2, 0.25) is 0 Å². The number of quaternary nitrogens is 1. The summed E-state index contributed by atoms with van der Waals surface area (Å²) < 4.78 is 10.6. The largest absolute Gasteiger partial charge is 0.595 e. The van der Waals surface area contributed by atoms with Gasteiger partial charge in [0, 0.05) is 6.07 Å². The standard InChI is InChI=1S/C14H22N2O8/c1-2-23-7-3-4-8(9(5-7)16(21)22)15-14-13(20)12(19)11(18)10(6-17)24-14/h3-5,10-21H,2,6H2,1H3. The van der Waals surface area contributed by atoms with Crippen molar-refractivity contribution >= 4 is 11.4 Å². The van der Waals surface area contributed by atoms with Crippen LogP contribution >= 0.6 is 0 Å². The van der Waals surface area contributed by atoms with E-state index in [-0.39, 0.29) is 11.4 Å². The van der Waals surface area contributed by atoms with Crippen molar-refractivity contribution in [1.82, 2.24) is 0 Å². The molecule has 0 amide bonds. The van der Waals surface area contributed by atoms with Gasteiger partial charge in [-0.25, -0.2) is 5.21 Å². The number of ether oxygens (including phenoxy) is 2. The highest BCUT2D eigenvalue weighted by molar-refractivity contribution is 5.64. The van der Waals surface area contributed by atoms with E-state index in [0.29, 0.717) is 12.4 Å². The van der Waals surface area contributed by atoms with Gasteiger partial charge in [0.1, 0.15) is 35.9 Å². The van der Waals surface area contributed by atoms with E-state index in [1.54, 1.807) is 13.0 Å². The van der Waals surface area contributed by atoms with Gasteiger partial charge in [0.2, 0.25) is 0 Å². The Balaban J connectivity index is 2.22. The molecule has 6 unspecified atom stereocenters. The lowest BCUT2D eigenvalue weighted by molar-refractivity contribution is -0.990. The average Bonchev–Trinajstić information content (AvgIpc) is 2.56. The Morgan fingerprint density at radius 2 is 1.96 bits per heavy atom. The van der Waals surface area contributed by atoms with E-state index in [2.05, 4.69) is 5.32 Å².